The Kier molecular flexibility index (Phi) is 4.75. The zero-order valence-electron chi connectivity index (χ0n) is 17.1. The molecular formula is C22H28N4O2. The second kappa shape index (κ2) is 7.09. The number of nitrogens with zero attached hydrogens (tertiary/aromatic N) is 4. The maximum Gasteiger partial charge on any atom is 0.328 e. The van der Waals surface area contributed by atoms with Gasteiger partial charge in [0, 0.05) is 38.4 Å². The number of aryl methyl sites for hydroxylation is 1. The Hall–Kier alpha value is -2.60. The highest BCUT2D eigenvalue weighted by Crippen LogP contribution is 2.26. The van der Waals surface area contributed by atoms with Crippen molar-refractivity contribution in [1.29, 1.82) is 0 Å². The molecule has 1 fully saturated rings. The summed E-state index contributed by atoms with van der Waals surface area (Å²) < 4.78 is 9.02. The quantitative estimate of drug-likeness (QED) is 0.700. The third-order valence-corrected chi connectivity index (χ3v) is 5.19. The van der Waals surface area contributed by atoms with E-state index in [-0.39, 0.29) is 11.1 Å². The summed E-state index contributed by atoms with van der Waals surface area (Å²) in [6.45, 7) is 10.4. The van der Waals surface area contributed by atoms with E-state index >= 15 is 0 Å². The fourth-order valence-electron chi connectivity index (χ4n) is 3.75. The summed E-state index contributed by atoms with van der Waals surface area (Å²) in [5, 5.41) is 0. The average molecular weight is 380 g/mol. The van der Waals surface area contributed by atoms with Gasteiger partial charge in [0.25, 0.3) is 0 Å². The number of pyridine rings is 1. The van der Waals surface area contributed by atoms with Gasteiger partial charge in [0.15, 0.2) is 0 Å². The van der Waals surface area contributed by atoms with Crippen molar-refractivity contribution in [1.82, 2.24) is 14.1 Å². The summed E-state index contributed by atoms with van der Waals surface area (Å²) in [4.78, 5) is 19.6. The monoisotopic (exact) mass is 380 g/mol. The molecule has 3 heterocycles. The number of hydrogen-bond donors (Lipinski definition) is 0. The predicted molar refractivity (Wildman–Crippen MR) is 113 cm³/mol. The van der Waals surface area contributed by atoms with E-state index in [4.69, 9.17) is 4.74 Å². The molecule has 0 spiro atoms. The predicted octanol–water partition coefficient (Wildman–Crippen LogP) is 3.28. The van der Waals surface area contributed by atoms with Gasteiger partial charge >= 0.3 is 5.69 Å². The first-order valence-electron chi connectivity index (χ1n) is 9.82. The fraction of sp³-hybridized carbons (Fsp3) is 0.455. The van der Waals surface area contributed by atoms with Crippen molar-refractivity contribution in [2.45, 2.75) is 27.3 Å². The standard InChI is InChI=1S/C22H28N4O2/c1-22(2,3)15-26-18-7-5-16(13-19(18)24(4)21(26)27)17-6-8-20(23-14-17)25-9-11-28-12-10-25/h5-8,13-14H,9-12,15H2,1-4H3. The van der Waals surface area contributed by atoms with E-state index in [0.717, 1.165) is 54.3 Å². The Morgan fingerprint density at radius 3 is 2.39 bits per heavy atom. The molecule has 0 saturated carbocycles. The lowest BCUT2D eigenvalue weighted by Crippen LogP contribution is -2.36. The van der Waals surface area contributed by atoms with Crippen LogP contribution in [0.5, 0.6) is 0 Å². The van der Waals surface area contributed by atoms with Crippen LogP contribution in [0.25, 0.3) is 22.2 Å². The summed E-state index contributed by atoms with van der Waals surface area (Å²) in [5.74, 6) is 0.983. The second-order valence-corrected chi connectivity index (χ2v) is 8.70. The Bertz CT molecular complexity index is 1040. The van der Waals surface area contributed by atoms with E-state index in [9.17, 15) is 4.79 Å². The van der Waals surface area contributed by atoms with E-state index < -0.39 is 0 Å². The van der Waals surface area contributed by atoms with Gasteiger partial charge in [-0.3, -0.25) is 9.13 Å². The van der Waals surface area contributed by atoms with Crippen LogP contribution in [0.4, 0.5) is 5.82 Å². The zero-order valence-corrected chi connectivity index (χ0v) is 17.1. The average Bonchev–Trinajstić information content (AvgIpc) is 2.92. The fourth-order valence-corrected chi connectivity index (χ4v) is 3.75. The van der Waals surface area contributed by atoms with Gasteiger partial charge < -0.3 is 9.64 Å². The molecule has 1 aliphatic rings. The molecule has 0 bridgehead atoms. The number of aromatic nitrogens is 3. The molecular weight excluding hydrogens is 352 g/mol. The van der Waals surface area contributed by atoms with Gasteiger partial charge in [-0.25, -0.2) is 9.78 Å². The number of morpholine rings is 1. The summed E-state index contributed by atoms with van der Waals surface area (Å²) >= 11 is 0. The van der Waals surface area contributed by atoms with Gasteiger partial charge in [-0.05, 0) is 35.2 Å². The number of ether oxygens (including phenoxy) is 1. The van der Waals surface area contributed by atoms with Crippen molar-refractivity contribution in [3.05, 3.63) is 47.0 Å². The van der Waals surface area contributed by atoms with Crippen LogP contribution >= 0.6 is 0 Å². The van der Waals surface area contributed by atoms with Crippen molar-refractivity contribution in [2.75, 3.05) is 31.2 Å². The smallest absolute Gasteiger partial charge is 0.328 e. The minimum atomic E-state index is 0.0304. The molecule has 1 aliphatic heterocycles. The Labute approximate surface area is 165 Å². The Morgan fingerprint density at radius 1 is 1.04 bits per heavy atom. The molecule has 0 atom stereocenters. The molecule has 28 heavy (non-hydrogen) atoms. The van der Waals surface area contributed by atoms with Gasteiger partial charge in [0.05, 0.1) is 24.2 Å². The summed E-state index contributed by atoms with van der Waals surface area (Å²) in [6.07, 6.45) is 1.91. The van der Waals surface area contributed by atoms with Crippen LogP contribution in [0, 0.1) is 5.41 Å². The first-order chi connectivity index (χ1) is 13.3. The highest BCUT2D eigenvalue weighted by atomic mass is 16.5. The van der Waals surface area contributed by atoms with E-state index in [0.29, 0.717) is 6.54 Å². The van der Waals surface area contributed by atoms with Crippen molar-refractivity contribution >= 4 is 16.9 Å². The lowest BCUT2D eigenvalue weighted by molar-refractivity contribution is 0.122. The maximum atomic E-state index is 12.7. The molecule has 6 heteroatoms. The Balaban J connectivity index is 1.68. The molecule has 148 valence electrons. The molecule has 2 aromatic heterocycles. The number of rotatable bonds is 3. The largest absolute Gasteiger partial charge is 0.378 e. The molecule has 6 nitrogen and oxygen atoms in total. The topological polar surface area (TPSA) is 52.3 Å². The van der Waals surface area contributed by atoms with Crippen LogP contribution < -0.4 is 10.6 Å². The summed E-state index contributed by atoms with van der Waals surface area (Å²) in [5.41, 5.74) is 4.11. The molecule has 0 aliphatic carbocycles. The Morgan fingerprint density at radius 2 is 1.75 bits per heavy atom. The molecule has 0 amide bonds. The number of benzene rings is 1. The van der Waals surface area contributed by atoms with Crippen molar-refractivity contribution in [3.63, 3.8) is 0 Å². The third kappa shape index (κ3) is 3.56. The number of imidazole rings is 1. The van der Waals surface area contributed by atoms with Gasteiger partial charge in [-0.2, -0.15) is 0 Å². The van der Waals surface area contributed by atoms with Crippen molar-refractivity contribution in [2.24, 2.45) is 12.5 Å². The molecule has 0 N–H and O–H groups in total. The minimum Gasteiger partial charge on any atom is -0.378 e. The molecule has 1 saturated heterocycles. The van der Waals surface area contributed by atoms with E-state index in [2.05, 4.69) is 54.9 Å². The van der Waals surface area contributed by atoms with Crippen LogP contribution in [0.2, 0.25) is 0 Å². The number of hydrogen-bond acceptors (Lipinski definition) is 4. The summed E-state index contributed by atoms with van der Waals surface area (Å²) in [7, 11) is 1.84. The van der Waals surface area contributed by atoms with Gasteiger partial charge in [-0.15, -0.1) is 0 Å². The van der Waals surface area contributed by atoms with Crippen LogP contribution in [0.1, 0.15) is 20.8 Å². The van der Waals surface area contributed by atoms with Crippen LogP contribution in [-0.4, -0.2) is 40.4 Å². The van der Waals surface area contributed by atoms with Crippen LogP contribution in [0.3, 0.4) is 0 Å². The van der Waals surface area contributed by atoms with E-state index in [1.807, 2.05) is 23.9 Å². The van der Waals surface area contributed by atoms with Crippen molar-refractivity contribution in [3.8, 4) is 11.1 Å². The number of fused-ring (bicyclic) bond motifs is 1. The van der Waals surface area contributed by atoms with Crippen molar-refractivity contribution < 1.29 is 4.74 Å². The second-order valence-electron chi connectivity index (χ2n) is 8.70. The lowest BCUT2D eigenvalue weighted by Gasteiger charge is -2.27. The zero-order chi connectivity index (χ0) is 19.9. The van der Waals surface area contributed by atoms with E-state index in [1.54, 1.807) is 4.57 Å². The minimum absolute atomic E-state index is 0.0304. The van der Waals surface area contributed by atoms with Gasteiger partial charge in [0.2, 0.25) is 0 Å². The SMILES string of the molecule is Cn1c(=O)n(CC(C)(C)C)c2ccc(-c3ccc(N4CCOCC4)nc3)cc21. The number of anilines is 1. The first kappa shape index (κ1) is 18.7. The molecule has 1 aromatic carbocycles. The molecule has 4 rings (SSSR count). The third-order valence-electron chi connectivity index (χ3n) is 5.19. The molecule has 0 unspecified atom stereocenters. The first-order valence-corrected chi connectivity index (χ1v) is 9.82. The maximum absolute atomic E-state index is 12.7. The van der Waals surface area contributed by atoms with Gasteiger partial charge in [-0.1, -0.05) is 26.8 Å². The summed E-state index contributed by atoms with van der Waals surface area (Å²) in [6, 6.07) is 10.4. The molecule has 0 radical (unpaired) electrons. The van der Waals surface area contributed by atoms with Crippen LogP contribution in [0.15, 0.2) is 41.3 Å². The van der Waals surface area contributed by atoms with Crippen LogP contribution in [-0.2, 0) is 18.3 Å². The molecule has 3 aromatic rings. The van der Waals surface area contributed by atoms with Gasteiger partial charge in [0.1, 0.15) is 5.82 Å². The highest BCUT2D eigenvalue weighted by molar-refractivity contribution is 5.82. The normalized spacial score (nSPS) is 15.4. The highest BCUT2D eigenvalue weighted by Gasteiger charge is 2.18. The lowest BCUT2D eigenvalue weighted by atomic mass is 9.97. The van der Waals surface area contributed by atoms with E-state index in [1.165, 1.54) is 0 Å².